The summed E-state index contributed by atoms with van der Waals surface area (Å²) in [7, 11) is 0. The van der Waals surface area contributed by atoms with Gasteiger partial charge in [0.05, 0.1) is 22.8 Å². The van der Waals surface area contributed by atoms with E-state index < -0.39 is 25.0 Å². The van der Waals surface area contributed by atoms with Crippen molar-refractivity contribution < 1.29 is 27.9 Å². The zero-order chi connectivity index (χ0) is 21.7. The Bertz CT molecular complexity index is 971. The predicted octanol–water partition coefficient (Wildman–Crippen LogP) is 3.44. The fourth-order valence-corrected chi connectivity index (χ4v) is 3.30. The zero-order valence-corrected chi connectivity index (χ0v) is 16.4. The molecule has 2 aromatic rings. The second-order valence-corrected chi connectivity index (χ2v) is 6.83. The zero-order valence-electron chi connectivity index (χ0n) is 15.7. The van der Waals surface area contributed by atoms with Crippen molar-refractivity contribution in [3.63, 3.8) is 0 Å². The molecule has 0 aliphatic carbocycles. The number of carbonyl (C=O) groups is 3. The minimum Gasteiger partial charge on any atom is -0.434 e. The van der Waals surface area contributed by atoms with E-state index in [2.05, 4.69) is 15.4 Å². The average molecular weight is 438 g/mol. The number of hydrogen-bond acceptors (Lipinski definition) is 4. The Morgan fingerprint density at radius 3 is 2.63 bits per heavy atom. The van der Waals surface area contributed by atoms with Crippen molar-refractivity contribution in [2.45, 2.75) is 19.5 Å². The molecule has 0 unspecified atom stereocenters. The van der Waals surface area contributed by atoms with E-state index in [0.29, 0.717) is 29.4 Å². The number of carbonyl (C=O) groups excluding carboxylic acids is 3. The van der Waals surface area contributed by atoms with E-state index in [9.17, 15) is 23.2 Å². The van der Waals surface area contributed by atoms with Crippen LogP contribution in [-0.4, -0.2) is 37.4 Å². The number of rotatable bonds is 7. The number of nitrogens with zero attached hydrogens (tertiary/aromatic N) is 1. The molecule has 1 fully saturated rings. The highest BCUT2D eigenvalue weighted by Gasteiger charge is 2.23. The van der Waals surface area contributed by atoms with Crippen LogP contribution >= 0.6 is 11.6 Å². The molecular weight excluding hydrogens is 420 g/mol. The van der Waals surface area contributed by atoms with Gasteiger partial charge in [0.15, 0.2) is 0 Å². The van der Waals surface area contributed by atoms with E-state index >= 15 is 0 Å². The number of hydrogen-bond donors (Lipinski definition) is 2. The van der Waals surface area contributed by atoms with Gasteiger partial charge >= 0.3 is 6.61 Å². The van der Waals surface area contributed by atoms with Gasteiger partial charge in [-0.3, -0.25) is 14.4 Å². The van der Waals surface area contributed by atoms with Crippen LogP contribution in [0.3, 0.4) is 0 Å². The SMILES string of the molecule is O=C(CNC(=O)c1ccccc1OC(F)F)Nc1ccc(N2CCCC2=O)c(Cl)c1. The first-order valence-electron chi connectivity index (χ1n) is 9.07. The van der Waals surface area contributed by atoms with Gasteiger partial charge in [0.25, 0.3) is 5.91 Å². The second kappa shape index (κ2) is 9.53. The number of benzene rings is 2. The lowest BCUT2D eigenvalue weighted by molar-refractivity contribution is -0.117. The molecule has 0 aromatic heterocycles. The molecule has 3 amide bonds. The van der Waals surface area contributed by atoms with Crippen molar-refractivity contribution >= 4 is 40.7 Å². The lowest BCUT2D eigenvalue weighted by Gasteiger charge is -2.18. The van der Waals surface area contributed by atoms with E-state index in [4.69, 9.17) is 11.6 Å². The van der Waals surface area contributed by atoms with E-state index in [1.165, 1.54) is 30.3 Å². The molecule has 2 N–H and O–H groups in total. The molecule has 1 aliphatic heterocycles. The topological polar surface area (TPSA) is 87.7 Å². The standard InChI is InChI=1S/C20H18ClF2N3O4/c21-14-10-12(7-8-15(14)26-9-3-6-18(26)28)25-17(27)11-24-19(29)13-4-1-2-5-16(13)30-20(22)23/h1-2,4-5,7-8,10,20H,3,6,9,11H2,(H,24,29)(H,25,27). The summed E-state index contributed by atoms with van der Waals surface area (Å²) in [6, 6.07) is 10.2. The van der Waals surface area contributed by atoms with Gasteiger partial charge in [0.2, 0.25) is 11.8 Å². The summed E-state index contributed by atoms with van der Waals surface area (Å²) < 4.78 is 29.2. The van der Waals surface area contributed by atoms with Crippen LogP contribution in [0.15, 0.2) is 42.5 Å². The predicted molar refractivity (Wildman–Crippen MR) is 107 cm³/mol. The summed E-state index contributed by atoms with van der Waals surface area (Å²) in [5, 5.41) is 5.23. The highest BCUT2D eigenvalue weighted by Crippen LogP contribution is 2.31. The minimum atomic E-state index is -3.08. The average Bonchev–Trinajstić information content (AvgIpc) is 3.12. The van der Waals surface area contributed by atoms with Crippen LogP contribution in [0.1, 0.15) is 23.2 Å². The molecule has 10 heteroatoms. The molecule has 0 bridgehead atoms. The van der Waals surface area contributed by atoms with Crippen molar-refractivity contribution in [1.29, 1.82) is 0 Å². The number of para-hydroxylation sites is 1. The lowest BCUT2D eigenvalue weighted by atomic mass is 10.2. The normalized spacial score (nSPS) is 13.5. The highest BCUT2D eigenvalue weighted by molar-refractivity contribution is 6.34. The van der Waals surface area contributed by atoms with Gasteiger partial charge < -0.3 is 20.3 Å². The van der Waals surface area contributed by atoms with Crippen molar-refractivity contribution in [3.8, 4) is 5.75 Å². The first-order valence-corrected chi connectivity index (χ1v) is 9.45. The fraction of sp³-hybridized carbons (Fsp3) is 0.250. The van der Waals surface area contributed by atoms with E-state index in [-0.39, 0.29) is 17.2 Å². The third-order valence-electron chi connectivity index (χ3n) is 4.35. The number of ether oxygens (including phenoxy) is 1. The van der Waals surface area contributed by atoms with Crippen LogP contribution in [0.2, 0.25) is 5.02 Å². The van der Waals surface area contributed by atoms with Gasteiger partial charge in [0.1, 0.15) is 5.75 Å². The van der Waals surface area contributed by atoms with Gasteiger partial charge in [-0.15, -0.1) is 0 Å². The van der Waals surface area contributed by atoms with Crippen LogP contribution in [0.25, 0.3) is 0 Å². The Morgan fingerprint density at radius 1 is 1.20 bits per heavy atom. The molecule has 30 heavy (non-hydrogen) atoms. The second-order valence-electron chi connectivity index (χ2n) is 6.42. The lowest BCUT2D eigenvalue weighted by Crippen LogP contribution is -2.33. The van der Waals surface area contributed by atoms with E-state index in [1.807, 2.05) is 0 Å². The van der Waals surface area contributed by atoms with Gasteiger partial charge in [-0.05, 0) is 36.8 Å². The summed E-state index contributed by atoms with van der Waals surface area (Å²) >= 11 is 6.23. The van der Waals surface area contributed by atoms with Gasteiger partial charge in [-0.25, -0.2) is 0 Å². The monoisotopic (exact) mass is 437 g/mol. The number of halogens is 3. The molecule has 1 aliphatic rings. The Balaban J connectivity index is 1.58. The quantitative estimate of drug-likeness (QED) is 0.694. The van der Waals surface area contributed by atoms with Crippen molar-refractivity contribution in [3.05, 3.63) is 53.1 Å². The maximum atomic E-state index is 12.5. The summed E-state index contributed by atoms with van der Waals surface area (Å²) in [4.78, 5) is 37.8. The third kappa shape index (κ3) is 5.24. The first-order chi connectivity index (χ1) is 14.3. The summed E-state index contributed by atoms with van der Waals surface area (Å²) in [6.45, 7) is -2.88. The number of anilines is 2. The molecule has 7 nitrogen and oxygen atoms in total. The van der Waals surface area contributed by atoms with Crippen LogP contribution in [0, 0.1) is 0 Å². The Kier molecular flexibility index (Phi) is 6.83. The molecule has 1 saturated heterocycles. The van der Waals surface area contributed by atoms with Crippen LogP contribution < -0.4 is 20.3 Å². The molecule has 3 rings (SSSR count). The van der Waals surface area contributed by atoms with Crippen molar-refractivity contribution in [1.82, 2.24) is 5.32 Å². The third-order valence-corrected chi connectivity index (χ3v) is 4.66. The van der Waals surface area contributed by atoms with Crippen molar-refractivity contribution in [2.24, 2.45) is 0 Å². The van der Waals surface area contributed by atoms with Crippen molar-refractivity contribution in [2.75, 3.05) is 23.3 Å². The first kappa shape index (κ1) is 21.5. The minimum absolute atomic E-state index is 0.00694. The molecular formula is C20H18ClF2N3O4. The molecule has 158 valence electrons. The molecule has 0 atom stereocenters. The Morgan fingerprint density at radius 2 is 1.97 bits per heavy atom. The maximum absolute atomic E-state index is 12.5. The van der Waals surface area contributed by atoms with Gasteiger partial charge in [-0.1, -0.05) is 23.7 Å². The highest BCUT2D eigenvalue weighted by atomic mass is 35.5. The van der Waals surface area contributed by atoms with Gasteiger partial charge in [-0.2, -0.15) is 8.78 Å². The van der Waals surface area contributed by atoms with E-state index in [0.717, 1.165) is 6.42 Å². The molecule has 0 radical (unpaired) electrons. The Hall–Kier alpha value is -3.20. The van der Waals surface area contributed by atoms with Gasteiger partial charge in [0, 0.05) is 18.7 Å². The van der Waals surface area contributed by atoms with Crippen LogP contribution in [0.5, 0.6) is 5.75 Å². The Labute approximate surface area is 175 Å². The maximum Gasteiger partial charge on any atom is 0.387 e. The number of alkyl halides is 2. The molecule has 0 saturated carbocycles. The summed E-state index contributed by atoms with van der Waals surface area (Å²) in [6.07, 6.45) is 1.23. The van der Waals surface area contributed by atoms with Crippen LogP contribution in [0.4, 0.5) is 20.2 Å². The summed E-state index contributed by atoms with van der Waals surface area (Å²) in [5.74, 6) is -1.57. The van der Waals surface area contributed by atoms with Crippen LogP contribution in [-0.2, 0) is 9.59 Å². The molecule has 0 spiro atoms. The number of nitrogens with one attached hydrogen (secondary N) is 2. The fourth-order valence-electron chi connectivity index (χ4n) is 3.02. The largest absolute Gasteiger partial charge is 0.434 e. The smallest absolute Gasteiger partial charge is 0.387 e. The number of amides is 3. The molecule has 1 heterocycles. The van der Waals surface area contributed by atoms with E-state index in [1.54, 1.807) is 17.0 Å². The molecule has 2 aromatic carbocycles. The summed E-state index contributed by atoms with van der Waals surface area (Å²) in [5.41, 5.74) is 0.838.